The third-order valence-electron chi connectivity index (χ3n) is 4.12. The number of benzene rings is 2. The lowest BCUT2D eigenvalue weighted by molar-refractivity contribution is -0.126. The number of ether oxygens (including phenoxy) is 1. The molecule has 0 radical (unpaired) electrons. The Morgan fingerprint density at radius 2 is 1.63 bits per heavy atom. The number of oxazole rings is 1. The molecule has 27 heavy (non-hydrogen) atoms. The maximum Gasteiger partial charge on any atom is 0.361 e. The van der Waals surface area contributed by atoms with Gasteiger partial charge in [0.25, 0.3) is 5.91 Å². The Hall–Kier alpha value is -3.41. The van der Waals surface area contributed by atoms with Crippen molar-refractivity contribution < 1.29 is 18.7 Å². The van der Waals surface area contributed by atoms with Crippen LogP contribution in [0.3, 0.4) is 0 Å². The van der Waals surface area contributed by atoms with E-state index < -0.39 is 12.1 Å². The second-order valence-electron chi connectivity index (χ2n) is 6.07. The monoisotopic (exact) mass is 364 g/mol. The van der Waals surface area contributed by atoms with Gasteiger partial charge in [0.05, 0.1) is 0 Å². The molecule has 0 bridgehead atoms. The molecular formula is C21H20N2O4. The highest BCUT2D eigenvalue weighted by atomic mass is 16.5. The predicted octanol–water partition coefficient (Wildman–Crippen LogP) is 3.86. The molecule has 138 valence electrons. The second-order valence-corrected chi connectivity index (χ2v) is 6.07. The summed E-state index contributed by atoms with van der Waals surface area (Å²) in [6.45, 7) is 3.17. The van der Waals surface area contributed by atoms with Crippen molar-refractivity contribution in [3.8, 4) is 11.5 Å². The van der Waals surface area contributed by atoms with E-state index in [9.17, 15) is 9.59 Å². The Bertz CT molecular complexity index is 935. The molecule has 0 N–H and O–H groups in total. The molecule has 0 fully saturated rings. The Labute approximate surface area is 157 Å². The molecule has 0 saturated heterocycles. The number of rotatable bonds is 5. The van der Waals surface area contributed by atoms with Gasteiger partial charge in [-0.1, -0.05) is 36.4 Å². The second kappa shape index (κ2) is 7.86. The first-order valence-corrected chi connectivity index (χ1v) is 8.54. The van der Waals surface area contributed by atoms with Gasteiger partial charge in [-0.05, 0) is 38.1 Å². The summed E-state index contributed by atoms with van der Waals surface area (Å²) in [5.74, 6) is -0.352. The van der Waals surface area contributed by atoms with Gasteiger partial charge in [0, 0.05) is 18.3 Å². The van der Waals surface area contributed by atoms with Gasteiger partial charge < -0.3 is 14.1 Å². The van der Waals surface area contributed by atoms with Crippen molar-refractivity contribution in [2.75, 3.05) is 11.9 Å². The summed E-state index contributed by atoms with van der Waals surface area (Å²) < 4.78 is 10.9. The van der Waals surface area contributed by atoms with Gasteiger partial charge in [-0.15, -0.1) is 0 Å². The highest BCUT2D eigenvalue weighted by molar-refractivity contribution is 5.98. The van der Waals surface area contributed by atoms with Crippen LogP contribution in [-0.2, 0) is 9.53 Å². The molecule has 0 saturated carbocycles. The zero-order valence-corrected chi connectivity index (χ0v) is 15.4. The van der Waals surface area contributed by atoms with E-state index in [1.54, 1.807) is 26.1 Å². The van der Waals surface area contributed by atoms with E-state index in [1.807, 2.05) is 48.5 Å². The molecule has 6 nitrogen and oxygen atoms in total. The number of carbonyl (C=O) groups excluding carboxylic acids is 2. The number of esters is 1. The minimum atomic E-state index is -0.959. The van der Waals surface area contributed by atoms with Crippen molar-refractivity contribution in [2.45, 2.75) is 20.0 Å². The normalized spacial score (nSPS) is 11.7. The molecule has 1 aromatic heterocycles. The summed E-state index contributed by atoms with van der Waals surface area (Å²) in [7, 11) is 1.64. The van der Waals surface area contributed by atoms with Gasteiger partial charge in [-0.25, -0.2) is 9.78 Å². The lowest BCUT2D eigenvalue weighted by Crippen LogP contribution is -2.37. The van der Waals surface area contributed by atoms with Crippen molar-refractivity contribution >= 4 is 17.6 Å². The molecule has 2 aromatic carbocycles. The first-order valence-electron chi connectivity index (χ1n) is 8.54. The SMILES string of the molecule is Cc1oc(-c2ccccc2)nc1C(=O)O[C@H](C)C(=O)N(C)c1ccccc1. The smallest absolute Gasteiger partial charge is 0.361 e. The third kappa shape index (κ3) is 4.06. The number of anilines is 1. The molecule has 1 heterocycles. The van der Waals surface area contributed by atoms with Crippen molar-refractivity contribution in [2.24, 2.45) is 0 Å². The number of hydrogen-bond donors (Lipinski definition) is 0. The van der Waals surface area contributed by atoms with Crippen molar-refractivity contribution in [3.63, 3.8) is 0 Å². The fraction of sp³-hybridized carbons (Fsp3) is 0.190. The maximum absolute atomic E-state index is 12.5. The van der Waals surface area contributed by atoms with Crippen molar-refractivity contribution in [1.82, 2.24) is 4.98 Å². The minimum absolute atomic E-state index is 0.0656. The number of likely N-dealkylation sites (N-methyl/N-ethyl adjacent to an activating group) is 1. The summed E-state index contributed by atoms with van der Waals surface area (Å²) in [5.41, 5.74) is 1.54. The highest BCUT2D eigenvalue weighted by Gasteiger charge is 2.26. The number of amides is 1. The molecule has 1 amide bonds. The summed E-state index contributed by atoms with van der Waals surface area (Å²) in [6, 6.07) is 18.4. The number of nitrogens with zero attached hydrogens (tertiary/aromatic N) is 2. The molecule has 3 rings (SSSR count). The summed E-state index contributed by atoms with van der Waals surface area (Å²) in [6.07, 6.45) is -0.959. The fourth-order valence-electron chi connectivity index (χ4n) is 2.61. The van der Waals surface area contributed by atoms with E-state index in [0.29, 0.717) is 11.7 Å². The van der Waals surface area contributed by atoms with Crippen LogP contribution in [-0.4, -0.2) is 30.0 Å². The lowest BCUT2D eigenvalue weighted by atomic mass is 10.2. The Morgan fingerprint density at radius 3 is 2.26 bits per heavy atom. The molecule has 6 heteroatoms. The van der Waals surface area contributed by atoms with Crippen LogP contribution < -0.4 is 4.90 Å². The van der Waals surface area contributed by atoms with Crippen LogP contribution in [0.2, 0.25) is 0 Å². The molecule has 0 aliphatic rings. The summed E-state index contributed by atoms with van der Waals surface area (Å²) in [5, 5.41) is 0. The molecule has 0 spiro atoms. The van der Waals surface area contributed by atoms with E-state index in [2.05, 4.69) is 4.98 Å². The first-order chi connectivity index (χ1) is 13.0. The van der Waals surface area contributed by atoms with Crippen LogP contribution in [0.4, 0.5) is 5.69 Å². The topological polar surface area (TPSA) is 72.6 Å². The Kier molecular flexibility index (Phi) is 5.35. The van der Waals surface area contributed by atoms with Crippen molar-refractivity contribution in [1.29, 1.82) is 0 Å². The van der Waals surface area contributed by atoms with Crippen LogP contribution in [0.25, 0.3) is 11.5 Å². The van der Waals surface area contributed by atoms with Crippen LogP contribution in [0, 0.1) is 6.92 Å². The van der Waals surface area contributed by atoms with Crippen LogP contribution in [0.1, 0.15) is 23.2 Å². The molecule has 0 unspecified atom stereocenters. The number of carbonyl (C=O) groups is 2. The van der Waals surface area contributed by atoms with Crippen LogP contribution in [0.15, 0.2) is 65.1 Å². The maximum atomic E-state index is 12.5. The molecule has 3 aromatic rings. The number of aryl methyl sites for hydroxylation is 1. The standard InChI is InChI=1S/C21H20N2O4/c1-14-18(22-19(26-14)16-10-6-4-7-11-16)21(25)27-15(2)20(24)23(3)17-12-8-5-9-13-17/h4-13,15H,1-3H3/t15-/m1/s1. The Morgan fingerprint density at radius 1 is 1.04 bits per heavy atom. The molecular weight excluding hydrogens is 344 g/mol. The summed E-state index contributed by atoms with van der Waals surface area (Å²) in [4.78, 5) is 30.7. The van der Waals surface area contributed by atoms with Gasteiger partial charge >= 0.3 is 5.97 Å². The van der Waals surface area contributed by atoms with E-state index in [4.69, 9.17) is 9.15 Å². The van der Waals surface area contributed by atoms with Gasteiger partial charge in [0.15, 0.2) is 11.8 Å². The molecule has 0 aliphatic carbocycles. The first kappa shape index (κ1) is 18.4. The lowest BCUT2D eigenvalue weighted by Gasteiger charge is -2.21. The predicted molar refractivity (Wildman–Crippen MR) is 101 cm³/mol. The van der Waals surface area contributed by atoms with Gasteiger partial charge in [-0.3, -0.25) is 4.79 Å². The van der Waals surface area contributed by atoms with Gasteiger partial charge in [0.2, 0.25) is 5.89 Å². The van der Waals surface area contributed by atoms with E-state index >= 15 is 0 Å². The average molecular weight is 364 g/mol. The molecule has 1 atom stereocenters. The third-order valence-corrected chi connectivity index (χ3v) is 4.12. The van der Waals surface area contributed by atoms with Crippen molar-refractivity contribution in [3.05, 3.63) is 72.1 Å². The quantitative estimate of drug-likeness (QED) is 0.643. The number of para-hydroxylation sites is 1. The highest BCUT2D eigenvalue weighted by Crippen LogP contribution is 2.22. The zero-order chi connectivity index (χ0) is 19.4. The van der Waals surface area contributed by atoms with E-state index in [0.717, 1.165) is 11.3 Å². The summed E-state index contributed by atoms with van der Waals surface area (Å²) >= 11 is 0. The minimum Gasteiger partial charge on any atom is -0.448 e. The van der Waals surface area contributed by atoms with Gasteiger partial charge in [-0.2, -0.15) is 0 Å². The number of hydrogen-bond acceptors (Lipinski definition) is 5. The molecule has 0 aliphatic heterocycles. The van der Waals surface area contributed by atoms with E-state index in [-0.39, 0.29) is 11.6 Å². The van der Waals surface area contributed by atoms with E-state index in [1.165, 1.54) is 11.8 Å². The zero-order valence-electron chi connectivity index (χ0n) is 15.4. The fourth-order valence-corrected chi connectivity index (χ4v) is 2.61. The van der Waals surface area contributed by atoms with Crippen LogP contribution in [0.5, 0.6) is 0 Å². The van der Waals surface area contributed by atoms with Crippen LogP contribution >= 0.6 is 0 Å². The Balaban J connectivity index is 1.72. The number of aromatic nitrogens is 1. The largest absolute Gasteiger partial charge is 0.448 e. The van der Waals surface area contributed by atoms with Gasteiger partial charge in [0.1, 0.15) is 5.76 Å². The average Bonchev–Trinajstić information content (AvgIpc) is 3.10.